The molecule has 23 heavy (non-hydrogen) atoms. The SMILES string of the molecule is CCCS(=O)c1cc(CCCOCc2ccccc2)ccc1C. The molecule has 0 saturated heterocycles. The van der Waals surface area contributed by atoms with Crippen molar-refractivity contribution in [3.05, 3.63) is 65.2 Å². The largest absolute Gasteiger partial charge is 0.377 e. The van der Waals surface area contributed by atoms with Crippen LogP contribution in [0.15, 0.2) is 53.4 Å². The average molecular weight is 330 g/mol. The van der Waals surface area contributed by atoms with Crippen LogP contribution in [0.2, 0.25) is 0 Å². The van der Waals surface area contributed by atoms with Crippen LogP contribution in [0.3, 0.4) is 0 Å². The predicted octanol–water partition coefficient (Wildman–Crippen LogP) is 4.66. The van der Waals surface area contributed by atoms with Gasteiger partial charge in [-0.1, -0.05) is 49.4 Å². The molecule has 0 aliphatic heterocycles. The summed E-state index contributed by atoms with van der Waals surface area (Å²) in [6, 6.07) is 16.6. The summed E-state index contributed by atoms with van der Waals surface area (Å²) in [5.41, 5.74) is 3.58. The van der Waals surface area contributed by atoms with Crippen molar-refractivity contribution in [3.63, 3.8) is 0 Å². The lowest BCUT2D eigenvalue weighted by Crippen LogP contribution is -2.02. The molecule has 124 valence electrons. The fraction of sp³-hybridized carbons (Fsp3) is 0.400. The van der Waals surface area contributed by atoms with Crippen molar-refractivity contribution in [2.24, 2.45) is 0 Å². The summed E-state index contributed by atoms with van der Waals surface area (Å²) in [4.78, 5) is 0.995. The second kappa shape index (κ2) is 9.64. The van der Waals surface area contributed by atoms with E-state index in [9.17, 15) is 4.21 Å². The predicted molar refractivity (Wildman–Crippen MR) is 97.2 cm³/mol. The van der Waals surface area contributed by atoms with Gasteiger partial charge in [0.25, 0.3) is 0 Å². The van der Waals surface area contributed by atoms with Crippen LogP contribution in [0.1, 0.15) is 36.5 Å². The van der Waals surface area contributed by atoms with Crippen LogP contribution < -0.4 is 0 Å². The smallest absolute Gasteiger partial charge is 0.0716 e. The van der Waals surface area contributed by atoms with Crippen molar-refractivity contribution in [1.29, 1.82) is 0 Å². The van der Waals surface area contributed by atoms with Crippen LogP contribution in [0, 0.1) is 6.92 Å². The third-order valence-corrected chi connectivity index (χ3v) is 5.46. The number of hydrogen-bond acceptors (Lipinski definition) is 2. The molecule has 0 saturated carbocycles. The summed E-state index contributed by atoms with van der Waals surface area (Å²) in [6.45, 7) is 5.52. The molecule has 2 aromatic rings. The first-order chi connectivity index (χ1) is 11.2. The number of ether oxygens (including phenoxy) is 1. The van der Waals surface area contributed by atoms with Crippen molar-refractivity contribution in [2.45, 2.75) is 44.6 Å². The second-order valence-corrected chi connectivity index (χ2v) is 7.33. The van der Waals surface area contributed by atoms with E-state index in [2.05, 4.69) is 37.3 Å². The van der Waals surface area contributed by atoms with Gasteiger partial charge in [-0.05, 0) is 48.9 Å². The fourth-order valence-electron chi connectivity index (χ4n) is 2.48. The first kappa shape index (κ1) is 17.9. The Labute approximate surface area is 142 Å². The Morgan fingerprint density at radius 2 is 1.83 bits per heavy atom. The third kappa shape index (κ3) is 5.92. The monoisotopic (exact) mass is 330 g/mol. The lowest BCUT2D eigenvalue weighted by atomic mass is 10.1. The molecule has 0 bridgehead atoms. The van der Waals surface area contributed by atoms with Gasteiger partial charge in [-0.3, -0.25) is 4.21 Å². The highest BCUT2D eigenvalue weighted by Crippen LogP contribution is 2.17. The van der Waals surface area contributed by atoms with Gasteiger partial charge in [-0.25, -0.2) is 0 Å². The minimum Gasteiger partial charge on any atom is -0.377 e. The Hall–Kier alpha value is -1.45. The zero-order valence-electron chi connectivity index (χ0n) is 14.1. The van der Waals surface area contributed by atoms with Gasteiger partial charge in [0.05, 0.1) is 17.4 Å². The average Bonchev–Trinajstić information content (AvgIpc) is 2.57. The third-order valence-electron chi connectivity index (χ3n) is 3.75. The maximum Gasteiger partial charge on any atom is 0.0716 e. The first-order valence-electron chi connectivity index (χ1n) is 8.30. The molecular formula is C20H26O2S. The standard InChI is InChI=1S/C20H26O2S/c1-3-14-23(21)20-15-18(12-11-17(20)2)10-7-13-22-16-19-8-5-4-6-9-19/h4-6,8-9,11-12,15H,3,7,10,13-14,16H2,1-2H3. The second-order valence-electron chi connectivity index (χ2n) is 5.79. The highest BCUT2D eigenvalue weighted by molar-refractivity contribution is 7.85. The maximum atomic E-state index is 12.2. The fourth-order valence-corrected chi connectivity index (χ4v) is 3.78. The Morgan fingerprint density at radius 3 is 2.57 bits per heavy atom. The minimum absolute atomic E-state index is 0.667. The van der Waals surface area contributed by atoms with Gasteiger partial charge in [0.15, 0.2) is 0 Å². The molecular weight excluding hydrogens is 304 g/mol. The molecule has 0 spiro atoms. The molecule has 2 nitrogen and oxygen atoms in total. The van der Waals surface area contributed by atoms with E-state index in [1.165, 1.54) is 11.1 Å². The van der Waals surface area contributed by atoms with Crippen molar-refractivity contribution in [1.82, 2.24) is 0 Å². The van der Waals surface area contributed by atoms with Crippen LogP contribution in [0.25, 0.3) is 0 Å². The topological polar surface area (TPSA) is 26.3 Å². The molecule has 1 unspecified atom stereocenters. The first-order valence-corrected chi connectivity index (χ1v) is 9.62. The highest BCUT2D eigenvalue weighted by Gasteiger charge is 2.07. The van der Waals surface area contributed by atoms with Gasteiger partial charge in [-0.2, -0.15) is 0 Å². The summed E-state index contributed by atoms with van der Waals surface area (Å²) < 4.78 is 18.0. The molecule has 0 N–H and O–H groups in total. The summed E-state index contributed by atoms with van der Waals surface area (Å²) >= 11 is 0. The molecule has 0 aliphatic carbocycles. The zero-order valence-corrected chi connectivity index (χ0v) is 14.9. The van der Waals surface area contributed by atoms with E-state index in [0.717, 1.165) is 42.1 Å². The van der Waals surface area contributed by atoms with Gasteiger partial charge in [-0.15, -0.1) is 0 Å². The highest BCUT2D eigenvalue weighted by atomic mass is 32.2. The van der Waals surface area contributed by atoms with Gasteiger partial charge < -0.3 is 4.74 Å². The van der Waals surface area contributed by atoms with Crippen LogP contribution in [0.4, 0.5) is 0 Å². The summed E-state index contributed by atoms with van der Waals surface area (Å²) in [5.74, 6) is 0.741. The Bertz CT molecular complexity index is 623. The lowest BCUT2D eigenvalue weighted by Gasteiger charge is -2.09. The van der Waals surface area contributed by atoms with E-state index in [1.54, 1.807) is 0 Å². The van der Waals surface area contributed by atoms with Crippen LogP contribution in [-0.2, 0) is 28.6 Å². The van der Waals surface area contributed by atoms with Crippen LogP contribution >= 0.6 is 0 Å². The summed E-state index contributed by atoms with van der Waals surface area (Å²) in [6.07, 6.45) is 2.89. The van der Waals surface area contributed by atoms with Crippen LogP contribution in [0.5, 0.6) is 0 Å². The van der Waals surface area contributed by atoms with E-state index < -0.39 is 10.8 Å². The Morgan fingerprint density at radius 1 is 1.04 bits per heavy atom. The molecule has 0 heterocycles. The Kier molecular flexibility index (Phi) is 7.50. The van der Waals surface area contributed by atoms with E-state index in [-0.39, 0.29) is 0 Å². The van der Waals surface area contributed by atoms with Gasteiger partial charge in [0.1, 0.15) is 0 Å². The number of hydrogen-bond donors (Lipinski definition) is 0. The molecule has 0 aromatic heterocycles. The van der Waals surface area contributed by atoms with Crippen molar-refractivity contribution in [3.8, 4) is 0 Å². The van der Waals surface area contributed by atoms with Gasteiger partial charge in [0.2, 0.25) is 0 Å². The van der Waals surface area contributed by atoms with Crippen molar-refractivity contribution in [2.75, 3.05) is 12.4 Å². The number of benzene rings is 2. The maximum absolute atomic E-state index is 12.2. The summed E-state index contributed by atoms with van der Waals surface area (Å²) in [5, 5.41) is 0. The minimum atomic E-state index is -0.870. The number of aryl methyl sites for hydroxylation is 2. The van der Waals surface area contributed by atoms with Gasteiger partial charge >= 0.3 is 0 Å². The number of rotatable bonds is 9. The summed E-state index contributed by atoms with van der Waals surface area (Å²) in [7, 11) is -0.870. The molecule has 0 aliphatic rings. The normalized spacial score (nSPS) is 12.3. The molecule has 0 fully saturated rings. The molecule has 2 rings (SSSR count). The van der Waals surface area contributed by atoms with E-state index in [0.29, 0.717) is 6.61 Å². The Balaban J connectivity index is 1.79. The van der Waals surface area contributed by atoms with E-state index >= 15 is 0 Å². The van der Waals surface area contributed by atoms with E-state index in [4.69, 9.17) is 4.74 Å². The van der Waals surface area contributed by atoms with Gasteiger partial charge in [0, 0.05) is 17.3 Å². The molecule has 1 atom stereocenters. The quantitative estimate of drug-likeness (QED) is 0.625. The van der Waals surface area contributed by atoms with Crippen LogP contribution in [-0.4, -0.2) is 16.6 Å². The van der Waals surface area contributed by atoms with Crippen molar-refractivity contribution < 1.29 is 8.95 Å². The molecule has 0 radical (unpaired) electrons. The molecule has 2 aromatic carbocycles. The molecule has 0 amide bonds. The van der Waals surface area contributed by atoms with Crippen molar-refractivity contribution >= 4 is 10.8 Å². The zero-order chi connectivity index (χ0) is 16.5. The molecule has 3 heteroatoms. The lowest BCUT2D eigenvalue weighted by molar-refractivity contribution is 0.118. The van der Waals surface area contributed by atoms with E-state index in [1.807, 2.05) is 25.1 Å².